The lowest BCUT2D eigenvalue weighted by Crippen LogP contribution is -2.29. The van der Waals surface area contributed by atoms with Crippen LogP contribution in [0.25, 0.3) is 0 Å². The summed E-state index contributed by atoms with van der Waals surface area (Å²) < 4.78 is 38.3. The van der Waals surface area contributed by atoms with Crippen molar-refractivity contribution < 1.29 is 27.7 Å². The van der Waals surface area contributed by atoms with Crippen LogP contribution in [0.4, 0.5) is 18.9 Å². The SMILES string of the molecule is O=C1c2ccc([N+](=O)[O-])cc2C(=O)N1Cc1cccc(C(F)(F)F)c1. The first kappa shape index (κ1) is 16.6. The molecule has 0 radical (unpaired) electrons. The minimum Gasteiger partial charge on any atom is -0.270 e. The second kappa shape index (κ2) is 5.69. The van der Waals surface area contributed by atoms with Gasteiger partial charge in [0.25, 0.3) is 17.5 Å². The number of nitro groups is 1. The van der Waals surface area contributed by atoms with Crippen LogP contribution in [0.5, 0.6) is 0 Å². The van der Waals surface area contributed by atoms with E-state index < -0.39 is 28.5 Å². The fraction of sp³-hybridized carbons (Fsp3) is 0.125. The third-order valence-electron chi connectivity index (χ3n) is 3.76. The Bertz CT molecular complexity index is 908. The van der Waals surface area contributed by atoms with Crippen LogP contribution in [-0.2, 0) is 12.7 Å². The zero-order valence-corrected chi connectivity index (χ0v) is 12.4. The van der Waals surface area contributed by atoms with E-state index in [-0.39, 0.29) is 28.9 Å². The maximum Gasteiger partial charge on any atom is 0.416 e. The highest BCUT2D eigenvalue weighted by molar-refractivity contribution is 6.21. The lowest BCUT2D eigenvalue weighted by molar-refractivity contribution is -0.384. The molecule has 1 aliphatic heterocycles. The van der Waals surface area contributed by atoms with E-state index in [1.165, 1.54) is 18.2 Å². The highest BCUT2D eigenvalue weighted by Crippen LogP contribution is 2.31. The normalized spacial score (nSPS) is 14.0. The average Bonchev–Trinajstić information content (AvgIpc) is 2.79. The lowest BCUT2D eigenvalue weighted by atomic mass is 10.1. The van der Waals surface area contributed by atoms with Crippen molar-refractivity contribution in [1.29, 1.82) is 0 Å². The molecule has 0 saturated heterocycles. The van der Waals surface area contributed by atoms with Gasteiger partial charge in [-0.1, -0.05) is 12.1 Å². The summed E-state index contributed by atoms with van der Waals surface area (Å²) in [6.07, 6.45) is -4.54. The molecule has 2 aromatic carbocycles. The van der Waals surface area contributed by atoms with Crippen molar-refractivity contribution in [2.45, 2.75) is 12.7 Å². The number of nitro benzene ring substituents is 1. The number of imide groups is 1. The summed E-state index contributed by atoms with van der Waals surface area (Å²) in [6.45, 7) is -0.357. The van der Waals surface area contributed by atoms with Crippen LogP contribution in [0.2, 0.25) is 0 Å². The Morgan fingerprint density at radius 1 is 1.00 bits per heavy atom. The molecule has 0 saturated carbocycles. The third-order valence-corrected chi connectivity index (χ3v) is 3.76. The van der Waals surface area contributed by atoms with E-state index in [1.54, 1.807) is 0 Å². The number of alkyl halides is 3. The Morgan fingerprint density at radius 2 is 1.68 bits per heavy atom. The van der Waals surface area contributed by atoms with Crippen molar-refractivity contribution in [3.8, 4) is 0 Å². The molecule has 0 bridgehead atoms. The summed E-state index contributed by atoms with van der Waals surface area (Å²) in [5.41, 5.74) is -1.26. The largest absolute Gasteiger partial charge is 0.416 e. The fourth-order valence-corrected chi connectivity index (χ4v) is 2.56. The summed E-state index contributed by atoms with van der Waals surface area (Å²) in [5, 5.41) is 10.8. The summed E-state index contributed by atoms with van der Waals surface area (Å²) in [6, 6.07) is 7.53. The number of carbonyl (C=O) groups excluding carboxylic acids is 2. The van der Waals surface area contributed by atoms with Gasteiger partial charge in [-0.3, -0.25) is 24.6 Å². The number of amides is 2. The van der Waals surface area contributed by atoms with Gasteiger partial charge >= 0.3 is 6.18 Å². The number of benzene rings is 2. The molecular formula is C16H9F3N2O4. The molecule has 0 N–H and O–H groups in total. The van der Waals surface area contributed by atoms with Crippen molar-refractivity contribution in [3.63, 3.8) is 0 Å². The Hall–Kier alpha value is -3.23. The predicted octanol–water partition coefficient (Wildman–Crippen LogP) is 3.41. The average molecular weight is 350 g/mol. The number of fused-ring (bicyclic) bond motifs is 1. The summed E-state index contributed by atoms with van der Waals surface area (Å²) >= 11 is 0. The number of carbonyl (C=O) groups is 2. The molecule has 6 nitrogen and oxygen atoms in total. The predicted molar refractivity (Wildman–Crippen MR) is 78.7 cm³/mol. The van der Waals surface area contributed by atoms with E-state index in [1.807, 2.05) is 0 Å². The summed E-state index contributed by atoms with van der Waals surface area (Å²) in [7, 11) is 0. The van der Waals surface area contributed by atoms with Gasteiger partial charge in [0.1, 0.15) is 0 Å². The van der Waals surface area contributed by atoms with Gasteiger partial charge in [-0.25, -0.2) is 0 Å². The molecular weight excluding hydrogens is 341 g/mol. The first-order valence-electron chi connectivity index (χ1n) is 6.99. The van der Waals surface area contributed by atoms with Gasteiger partial charge in [-0.15, -0.1) is 0 Å². The summed E-state index contributed by atoms with van der Waals surface area (Å²) in [4.78, 5) is 35.5. The minimum absolute atomic E-state index is 0.0115. The van der Waals surface area contributed by atoms with Gasteiger partial charge in [0.2, 0.25) is 0 Å². The van der Waals surface area contributed by atoms with Crippen LogP contribution in [0.15, 0.2) is 42.5 Å². The van der Waals surface area contributed by atoms with Crippen molar-refractivity contribution in [2.75, 3.05) is 0 Å². The van der Waals surface area contributed by atoms with Crippen LogP contribution >= 0.6 is 0 Å². The molecule has 2 amide bonds. The van der Waals surface area contributed by atoms with Gasteiger partial charge in [0.05, 0.1) is 28.2 Å². The molecule has 0 unspecified atom stereocenters. The maximum atomic E-state index is 12.8. The molecule has 0 spiro atoms. The van der Waals surface area contributed by atoms with Crippen LogP contribution in [0.1, 0.15) is 31.8 Å². The van der Waals surface area contributed by atoms with Crippen LogP contribution < -0.4 is 0 Å². The number of non-ortho nitro benzene ring substituents is 1. The molecule has 1 heterocycles. The molecule has 1 aliphatic rings. The van der Waals surface area contributed by atoms with Gasteiger partial charge < -0.3 is 0 Å². The number of rotatable bonds is 3. The highest BCUT2D eigenvalue weighted by atomic mass is 19.4. The maximum absolute atomic E-state index is 12.8. The van der Waals surface area contributed by atoms with Crippen LogP contribution in [0, 0.1) is 10.1 Å². The Labute approximate surface area is 138 Å². The molecule has 3 rings (SSSR count). The molecule has 9 heteroatoms. The minimum atomic E-state index is -4.54. The zero-order chi connectivity index (χ0) is 18.4. The van der Waals surface area contributed by atoms with Crippen LogP contribution in [-0.4, -0.2) is 21.6 Å². The molecule has 0 aliphatic carbocycles. The smallest absolute Gasteiger partial charge is 0.270 e. The van der Waals surface area contributed by atoms with Crippen molar-refractivity contribution in [3.05, 3.63) is 74.8 Å². The van der Waals surface area contributed by atoms with E-state index in [9.17, 15) is 32.9 Å². The number of nitrogens with zero attached hydrogens (tertiary/aromatic N) is 2. The topological polar surface area (TPSA) is 80.5 Å². The monoisotopic (exact) mass is 350 g/mol. The van der Waals surface area contributed by atoms with E-state index >= 15 is 0 Å². The van der Waals surface area contributed by atoms with Crippen molar-refractivity contribution in [1.82, 2.24) is 4.90 Å². The van der Waals surface area contributed by atoms with E-state index in [0.717, 1.165) is 29.2 Å². The molecule has 128 valence electrons. The zero-order valence-electron chi connectivity index (χ0n) is 12.4. The van der Waals surface area contributed by atoms with Gasteiger partial charge in [-0.05, 0) is 23.8 Å². The van der Waals surface area contributed by atoms with Crippen molar-refractivity contribution >= 4 is 17.5 Å². The number of halogens is 3. The van der Waals surface area contributed by atoms with E-state index in [2.05, 4.69) is 0 Å². The lowest BCUT2D eigenvalue weighted by Gasteiger charge is -2.15. The van der Waals surface area contributed by atoms with Gasteiger partial charge in [0.15, 0.2) is 0 Å². The molecule has 25 heavy (non-hydrogen) atoms. The number of hydrogen-bond acceptors (Lipinski definition) is 4. The van der Waals surface area contributed by atoms with Gasteiger partial charge in [-0.2, -0.15) is 13.2 Å². The summed E-state index contributed by atoms with van der Waals surface area (Å²) in [5.74, 6) is -1.48. The quantitative estimate of drug-likeness (QED) is 0.483. The highest BCUT2D eigenvalue weighted by Gasteiger charge is 2.37. The molecule has 0 atom stereocenters. The Kier molecular flexibility index (Phi) is 3.78. The number of hydrogen-bond donors (Lipinski definition) is 0. The van der Waals surface area contributed by atoms with E-state index in [4.69, 9.17) is 0 Å². The van der Waals surface area contributed by atoms with Gasteiger partial charge in [0, 0.05) is 12.1 Å². The molecule has 0 aromatic heterocycles. The second-order valence-corrected chi connectivity index (χ2v) is 5.38. The van der Waals surface area contributed by atoms with Crippen LogP contribution in [0.3, 0.4) is 0 Å². The third kappa shape index (κ3) is 2.95. The standard InChI is InChI=1S/C16H9F3N2O4/c17-16(18,19)10-3-1-2-9(6-10)8-20-14(22)12-5-4-11(21(24)25)7-13(12)15(20)23/h1-7H,8H2. The molecule has 2 aromatic rings. The van der Waals surface area contributed by atoms with Crippen molar-refractivity contribution in [2.24, 2.45) is 0 Å². The van der Waals surface area contributed by atoms with E-state index in [0.29, 0.717) is 0 Å². The first-order valence-corrected chi connectivity index (χ1v) is 6.99. The molecule has 0 fully saturated rings. The Balaban J connectivity index is 1.91. The Morgan fingerprint density at radius 3 is 2.32 bits per heavy atom. The second-order valence-electron chi connectivity index (χ2n) is 5.38. The fourth-order valence-electron chi connectivity index (χ4n) is 2.56. The first-order chi connectivity index (χ1) is 11.7.